The number of hydrogen-bond donors (Lipinski definition) is 1. The van der Waals surface area contributed by atoms with Gasteiger partial charge in [0.15, 0.2) is 0 Å². The molecule has 0 aliphatic heterocycles. The van der Waals surface area contributed by atoms with Gasteiger partial charge in [0, 0.05) is 19.1 Å². The van der Waals surface area contributed by atoms with Crippen LogP contribution in [-0.2, 0) is 9.53 Å². The minimum absolute atomic E-state index is 0.0205. The quantitative estimate of drug-likeness (QED) is 0.675. The molecule has 1 aliphatic carbocycles. The summed E-state index contributed by atoms with van der Waals surface area (Å²) in [6.45, 7) is 5.67. The molecule has 0 saturated heterocycles. The molecule has 1 N–H and O–H groups in total. The van der Waals surface area contributed by atoms with Gasteiger partial charge in [-0.1, -0.05) is 0 Å². The lowest BCUT2D eigenvalue weighted by Crippen LogP contribution is -2.36. The molecule has 1 amide bonds. The van der Waals surface area contributed by atoms with E-state index >= 15 is 0 Å². The zero-order valence-electron chi connectivity index (χ0n) is 9.95. The van der Waals surface area contributed by atoms with Gasteiger partial charge in [0.25, 0.3) is 0 Å². The summed E-state index contributed by atoms with van der Waals surface area (Å²) in [6.07, 6.45) is 2.73. The molecular weight excluding hydrogens is 192 g/mol. The van der Waals surface area contributed by atoms with Crippen LogP contribution < -0.4 is 5.32 Å². The van der Waals surface area contributed by atoms with Gasteiger partial charge >= 0.3 is 0 Å². The highest BCUT2D eigenvalue weighted by Crippen LogP contribution is 2.24. The van der Waals surface area contributed by atoms with Crippen LogP contribution in [0.3, 0.4) is 0 Å². The fourth-order valence-electron chi connectivity index (χ4n) is 1.36. The van der Waals surface area contributed by atoms with E-state index in [9.17, 15) is 4.79 Å². The standard InChI is InChI=1S/C11H22N2O2/c1-9(2)15-8-11(14)12-6-7-13(3)10-4-5-10/h9-10H,4-8H2,1-3H3,(H,12,14). The Balaban J connectivity index is 1.96. The Hall–Kier alpha value is -0.610. The largest absolute Gasteiger partial charge is 0.369 e. The van der Waals surface area contributed by atoms with Crippen molar-refractivity contribution in [2.24, 2.45) is 0 Å². The summed E-state index contributed by atoms with van der Waals surface area (Å²) >= 11 is 0. The van der Waals surface area contributed by atoms with Gasteiger partial charge in [-0.2, -0.15) is 0 Å². The van der Waals surface area contributed by atoms with Crippen LogP contribution in [0, 0.1) is 0 Å². The highest BCUT2D eigenvalue weighted by Gasteiger charge is 2.25. The topological polar surface area (TPSA) is 41.6 Å². The third-order valence-corrected chi connectivity index (χ3v) is 2.50. The van der Waals surface area contributed by atoms with E-state index in [1.165, 1.54) is 12.8 Å². The SMILES string of the molecule is CC(C)OCC(=O)NCCN(C)C1CC1. The molecule has 0 aromatic heterocycles. The summed E-state index contributed by atoms with van der Waals surface area (Å²) in [6, 6.07) is 0.758. The van der Waals surface area contributed by atoms with Crippen molar-refractivity contribution in [1.82, 2.24) is 10.2 Å². The van der Waals surface area contributed by atoms with Crippen molar-refractivity contribution in [3.8, 4) is 0 Å². The van der Waals surface area contributed by atoms with Crippen molar-refractivity contribution in [2.75, 3.05) is 26.7 Å². The van der Waals surface area contributed by atoms with Crippen LogP contribution in [0.25, 0.3) is 0 Å². The normalized spacial score (nSPS) is 16.1. The first kappa shape index (κ1) is 12.5. The minimum Gasteiger partial charge on any atom is -0.369 e. The number of amides is 1. The van der Waals surface area contributed by atoms with E-state index in [-0.39, 0.29) is 18.6 Å². The minimum atomic E-state index is -0.0205. The fraction of sp³-hybridized carbons (Fsp3) is 0.909. The predicted octanol–water partition coefficient (Wildman–Crippen LogP) is 0.622. The first-order valence-electron chi connectivity index (χ1n) is 5.68. The molecular formula is C11H22N2O2. The van der Waals surface area contributed by atoms with Crippen LogP contribution in [-0.4, -0.2) is 49.7 Å². The third kappa shape index (κ3) is 5.74. The molecule has 4 heteroatoms. The molecule has 1 aliphatic rings. The van der Waals surface area contributed by atoms with E-state index in [0.29, 0.717) is 6.54 Å². The van der Waals surface area contributed by atoms with E-state index in [2.05, 4.69) is 17.3 Å². The highest BCUT2D eigenvalue weighted by molar-refractivity contribution is 5.77. The summed E-state index contributed by atoms with van der Waals surface area (Å²) in [5, 5.41) is 2.85. The second-order valence-electron chi connectivity index (χ2n) is 4.42. The maximum atomic E-state index is 11.3. The molecule has 4 nitrogen and oxygen atoms in total. The summed E-state index contributed by atoms with van der Waals surface area (Å²) < 4.78 is 5.20. The Labute approximate surface area is 92.0 Å². The van der Waals surface area contributed by atoms with Crippen molar-refractivity contribution in [3.63, 3.8) is 0 Å². The molecule has 0 radical (unpaired) electrons. The number of rotatable bonds is 7. The lowest BCUT2D eigenvalue weighted by atomic mass is 10.4. The maximum absolute atomic E-state index is 11.3. The molecule has 1 saturated carbocycles. The molecule has 1 fully saturated rings. The van der Waals surface area contributed by atoms with Gasteiger partial charge in [0.2, 0.25) is 5.91 Å². The molecule has 0 aromatic carbocycles. The molecule has 0 bridgehead atoms. The fourth-order valence-corrected chi connectivity index (χ4v) is 1.36. The maximum Gasteiger partial charge on any atom is 0.246 e. The van der Waals surface area contributed by atoms with Crippen molar-refractivity contribution in [2.45, 2.75) is 38.8 Å². The van der Waals surface area contributed by atoms with Gasteiger partial charge in [-0.25, -0.2) is 0 Å². The lowest BCUT2D eigenvalue weighted by Gasteiger charge is -2.15. The molecule has 0 unspecified atom stereocenters. The van der Waals surface area contributed by atoms with E-state index in [1.807, 2.05) is 13.8 Å². The Bertz CT molecular complexity index is 203. The second kappa shape index (κ2) is 6.08. The second-order valence-corrected chi connectivity index (χ2v) is 4.42. The van der Waals surface area contributed by atoms with Gasteiger partial charge in [-0.15, -0.1) is 0 Å². The van der Waals surface area contributed by atoms with Crippen LogP contribution in [0.15, 0.2) is 0 Å². The number of ether oxygens (including phenoxy) is 1. The third-order valence-electron chi connectivity index (χ3n) is 2.50. The number of hydrogen-bond acceptors (Lipinski definition) is 3. The molecule has 88 valence electrons. The molecule has 0 atom stereocenters. The highest BCUT2D eigenvalue weighted by atomic mass is 16.5. The monoisotopic (exact) mass is 214 g/mol. The number of nitrogens with zero attached hydrogens (tertiary/aromatic N) is 1. The lowest BCUT2D eigenvalue weighted by molar-refractivity contribution is -0.127. The van der Waals surface area contributed by atoms with Gasteiger partial charge in [0.05, 0.1) is 6.10 Å². The van der Waals surface area contributed by atoms with Crippen molar-refractivity contribution < 1.29 is 9.53 Å². The predicted molar refractivity (Wildman–Crippen MR) is 59.7 cm³/mol. The van der Waals surface area contributed by atoms with Gasteiger partial charge in [-0.3, -0.25) is 4.79 Å². The Morgan fingerprint density at radius 1 is 1.53 bits per heavy atom. The molecule has 0 heterocycles. The summed E-state index contributed by atoms with van der Waals surface area (Å²) in [4.78, 5) is 13.6. The molecule has 0 spiro atoms. The average molecular weight is 214 g/mol. The van der Waals surface area contributed by atoms with Crippen LogP contribution >= 0.6 is 0 Å². The van der Waals surface area contributed by atoms with Crippen molar-refractivity contribution >= 4 is 5.91 Å². The number of carbonyl (C=O) groups is 1. The molecule has 15 heavy (non-hydrogen) atoms. The Morgan fingerprint density at radius 3 is 2.73 bits per heavy atom. The summed E-state index contributed by atoms with van der Waals surface area (Å²) in [5.41, 5.74) is 0. The average Bonchev–Trinajstić information content (AvgIpc) is 2.97. The van der Waals surface area contributed by atoms with Crippen LogP contribution in [0.2, 0.25) is 0 Å². The summed E-state index contributed by atoms with van der Waals surface area (Å²) in [7, 11) is 2.11. The van der Waals surface area contributed by atoms with E-state index < -0.39 is 0 Å². The van der Waals surface area contributed by atoms with Crippen molar-refractivity contribution in [3.05, 3.63) is 0 Å². The Kier molecular flexibility index (Phi) is 5.05. The van der Waals surface area contributed by atoms with Gasteiger partial charge < -0.3 is 15.0 Å². The van der Waals surface area contributed by atoms with Crippen LogP contribution in [0.1, 0.15) is 26.7 Å². The molecule has 1 rings (SSSR count). The first-order chi connectivity index (χ1) is 7.09. The van der Waals surface area contributed by atoms with Gasteiger partial charge in [-0.05, 0) is 33.7 Å². The number of nitrogens with one attached hydrogen (secondary N) is 1. The van der Waals surface area contributed by atoms with E-state index in [0.717, 1.165) is 12.6 Å². The van der Waals surface area contributed by atoms with E-state index in [4.69, 9.17) is 4.74 Å². The molecule has 0 aromatic rings. The first-order valence-corrected chi connectivity index (χ1v) is 5.68. The smallest absolute Gasteiger partial charge is 0.246 e. The number of carbonyl (C=O) groups excluding carboxylic acids is 1. The Morgan fingerprint density at radius 2 is 2.20 bits per heavy atom. The zero-order chi connectivity index (χ0) is 11.3. The van der Waals surface area contributed by atoms with Crippen LogP contribution in [0.4, 0.5) is 0 Å². The van der Waals surface area contributed by atoms with Gasteiger partial charge in [0.1, 0.15) is 6.61 Å². The van der Waals surface area contributed by atoms with E-state index in [1.54, 1.807) is 0 Å². The number of likely N-dealkylation sites (N-methyl/N-ethyl adjacent to an activating group) is 1. The van der Waals surface area contributed by atoms with Crippen LogP contribution in [0.5, 0.6) is 0 Å². The van der Waals surface area contributed by atoms with Crippen molar-refractivity contribution in [1.29, 1.82) is 0 Å². The summed E-state index contributed by atoms with van der Waals surface area (Å²) in [5.74, 6) is -0.0205. The zero-order valence-corrected chi connectivity index (χ0v) is 9.95.